The van der Waals surface area contributed by atoms with Crippen molar-refractivity contribution in [3.05, 3.63) is 0 Å². The van der Waals surface area contributed by atoms with E-state index in [0.29, 0.717) is 12.0 Å². The third-order valence-corrected chi connectivity index (χ3v) is 1.86. The SMILES string of the molecule is COC[C@H]1CC[C@H]1N.Cl. The molecule has 0 heterocycles. The molecule has 1 aliphatic carbocycles. The number of nitrogens with two attached hydrogens (primary N) is 1. The van der Waals surface area contributed by atoms with Crippen molar-refractivity contribution in [2.24, 2.45) is 11.7 Å². The van der Waals surface area contributed by atoms with Crippen molar-refractivity contribution in [2.75, 3.05) is 13.7 Å². The van der Waals surface area contributed by atoms with Crippen LogP contribution >= 0.6 is 12.4 Å². The van der Waals surface area contributed by atoms with Gasteiger partial charge in [0.05, 0.1) is 6.61 Å². The zero-order valence-corrected chi connectivity index (χ0v) is 6.49. The van der Waals surface area contributed by atoms with Gasteiger partial charge in [0.15, 0.2) is 0 Å². The Labute approximate surface area is 62.2 Å². The smallest absolute Gasteiger partial charge is 0.0505 e. The lowest BCUT2D eigenvalue weighted by Crippen LogP contribution is -2.41. The van der Waals surface area contributed by atoms with E-state index in [1.165, 1.54) is 12.8 Å². The number of hydrogen-bond acceptors (Lipinski definition) is 2. The molecule has 1 rings (SSSR count). The molecule has 0 bridgehead atoms. The van der Waals surface area contributed by atoms with E-state index in [9.17, 15) is 0 Å². The average molecular weight is 152 g/mol. The maximum Gasteiger partial charge on any atom is 0.0505 e. The minimum Gasteiger partial charge on any atom is -0.384 e. The number of hydrogen-bond donors (Lipinski definition) is 1. The molecule has 1 fully saturated rings. The minimum atomic E-state index is 0. The molecule has 9 heavy (non-hydrogen) atoms. The van der Waals surface area contributed by atoms with E-state index in [-0.39, 0.29) is 12.4 Å². The van der Waals surface area contributed by atoms with Crippen molar-refractivity contribution in [2.45, 2.75) is 18.9 Å². The van der Waals surface area contributed by atoms with Gasteiger partial charge in [0.1, 0.15) is 0 Å². The van der Waals surface area contributed by atoms with E-state index in [4.69, 9.17) is 10.5 Å². The van der Waals surface area contributed by atoms with Gasteiger partial charge < -0.3 is 10.5 Å². The van der Waals surface area contributed by atoms with Crippen LogP contribution in [0.25, 0.3) is 0 Å². The molecule has 0 aliphatic heterocycles. The van der Waals surface area contributed by atoms with Crippen LogP contribution in [0.2, 0.25) is 0 Å². The number of rotatable bonds is 2. The Hall–Kier alpha value is 0.210. The molecule has 2 N–H and O–H groups in total. The summed E-state index contributed by atoms with van der Waals surface area (Å²) in [5.74, 6) is 0.653. The highest BCUT2D eigenvalue weighted by molar-refractivity contribution is 5.85. The van der Waals surface area contributed by atoms with Crippen molar-refractivity contribution < 1.29 is 4.74 Å². The predicted molar refractivity (Wildman–Crippen MR) is 39.8 cm³/mol. The zero-order valence-electron chi connectivity index (χ0n) is 5.67. The normalized spacial score (nSPS) is 32.7. The van der Waals surface area contributed by atoms with Crippen LogP contribution in [0.1, 0.15) is 12.8 Å². The van der Waals surface area contributed by atoms with E-state index >= 15 is 0 Å². The lowest BCUT2D eigenvalue weighted by Gasteiger charge is -2.32. The highest BCUT2D eigenvalue weighted by atomic mass is 35.5. The Morgan fingerprint density at radius 3 is 2.33 bits per heavy atom. The van der Waals surface area contributed by atoms with Crippen LogP contribution < -0.4 is 5.73 Å². The van der Waals surface area contributed by atoms with Gasteiger partial charge in [-0.3, -0.25) is 0 Å². The van der Waals surface area contributed by atoms with Crippen molar-refractivity contribution >= 4 is 12.4 Å². The predicted octanol–water partition coefficient (Wildman–Crippen LogP) is 0.792. The van der Waals surface area contributed by atoms with Crippen molar-refractivity contribution in [1.82, 2.24) is 0 Å². The molecular weight excluding hydrogens is 138 g/mol. The van der Waals surface area contributed by atoms with Gasteiger partial charge in [-0.2, -0.15) is 0 Å². The summed E-state index contributed by atoms with van der Waals surface area (Å²) in [7, 11) is 1.73. The first-order chi connectivity index (χ1) is 3.84. The largest absolute Gasteiger partial charge is 0.384 e. The first-order valence-corrected chi connectivity index (χ1v) is 3.09. The standard InChI is InChI=1S/C6H13NO.ClH/c1-8-4-5-2-3-6(5)7;/h5-6H,2-4,7H2,1H3;1H/t5-,6-;/m1./s1. The topological polar surface area (TPSA) is 35.2 Å². The Kier molecular flexibility index (Phi) is 4.19. The molecule has 0 radical (unpaired) electrons. The minimum absolute atomic E-state index is 0. The fourth-order valence-corrected chi connectivity index (χ4v) is 1.02. The Bertz CT molecular complexity index is 79.5. The van der Waals surface area contributed by atoms with Crippen LogP contribution in [0.4, 0.5) is 0 Å². The van der Waals surface area contributed by atoms with Crippen molar-refractivity contribution in [3.63, 3.8) is 0 Å². The van der Waals surface area contributed by atoms with Crippen LogP contribution in [-0.4, -0.2) is 19.8 Å². The third kappa shape index (κ3) is 2.12. The van der Waals surface area contributed by atoms with E-state index < -0.39 is 0 Å². The quantitative estimate of drug-likeness (QED) is 0.634. The molecular formula is C6H14ClNO. The molecule has 0 aromatic heterocycles. The second-order valence-corrected chi connectivity index (χ2v) is 2.46. The van der Waals surface area contributed by atoms with Crippen LogP contribution in [0.3, 0.4) is 0 Å². The van der Waals surface area contributed by atoms with Gasteiger partial charge in [-0.25, -0.2) is 0 Å². The molecule has 0 spiro atoms. The molecule has 0 unspecified atom stereocenters. The second kappa shape index (κ2) is 4.09. The van der Waals surface area contributed by atoms with Crippen LogP contribution in [-0.2, 0) is 4.74 Å². The molecule has 0 aromatic carbocycles. The Morgan fingerprint density at radius 2 is 2.22 bits per heavy atom. The van der Waals surface area contributed by atoms with Crippen molar-refractivity contribution in [3.8, 4) is 0 Å². The summed E-state index contributed by atoms with van der Waals surface area (Å²) >= 11 is 0. The molecule has 0 aromatic rings. The molecule has 2 nitrogen and oxygen atoms in total. The molecule has 0 amide bonds. The molecule has 56 valence electrons. The van der Waals surface area contributed by atoms with Crippen LogP contribution in [0.5, 0.6) is 0 Å². The van der Waals surface area contributed by atoms with Gasteiger partial charge in [-0.1, -0.05) is 0 Å². The van der Waals surface area contributed by atoms with E-state index in [2.05, 4.69) is 0 Å². The summed E-state index contributed by atoms with van der Waals surface area (Å²) < 4.78 is 4.94. The zero-order chi connectivity index (χ0) is 5.98. The Balaban J connectivity index is 0.000000640. The van der Waals surface area contributed by atoms with Crippen LogP contribution in [0, 0.1) is 5.92 Å². The summed E-state index contributed by atoms with van der Waals surface area (Å²) in [6.45, 7) is 0.848. The number of methoxy groups -OCH3 is 1. The van der Waals surface area contributed by atoms with Gasteiger partial charge in [0.25, 0.3) is 0 Å². The lowest BCUT2D eigenvalue weighted by atomic mass is 9.81. The fourth-order valence-electron chi connectivity index (χ4n) is 1.02. The maximum atomic E-state index is 5.63. The molecule has 0 saturated heterocycles. The van der Waals surface area contributed by atoms with Gasteiger partial charge in [-0.15, -0.1) is 12.4 Å². The summed E-state index contributed by atoms with van der Waals surface area (Å²) in [6.07, 6.45) is 2.45. The third-order valence-electron chi connectivity index (χ3n) is 1.86. The van der Waals surface area contributed by atoms with Gasteiger partial charge in [0.2, 0.25) is 0 Å². The molecule has 1 saturated carbocycles. The summed E-state index contributed by atoms with van der Waals surface area (Å²) in [5.41, 5.74) is 5.63. The van der Waals surface area contributed by atoms with Gasteiger partial charge in [0, 0.05) is 13.2 Å². The number of ether oxygens (including phenoxy) is 1. The molecule has 3 heteroatoms. The van der Waals surface area contributed by atoms with E-state index in [1.807, 2.05) is 0 Å². The summed E-state index contributed by atoms with van der Waals surface area (Å²) in [6, 6.07) is 0.426. The maximum absolute atomic E-state index is 5.63. The highest BCUT2D eigenvalue weighted by Crippen LogP contribution is 2.24. The molecule has 2 atom stereocenters. The summed E-state index contributed by atoms with van der Waals surface area (Å²) in [4.78, 5) is 0. The second-order valence-electron chi connectivity index (χ2n) is 2.46. The monoisotopic (exact) mass is 151 g/mol. The highest BCUT2D eigenvalue weighted by Gasteiger charge is 2.26. The van der Waals surface area contributed by atoms with Crippen LogP contribution in [0.15, 0.2) is 0 Å². The first kappa shape index (κ1) is 9.21. The molecule has 1 aliphatic rings. The van der Waals surface area contributed by atoms with Crippen molar-refractivity contribution in [1.29, 1.82) is 0 Å². The average Bonchev–Trinajstić information content (AvgIpc) is 1.79. The van der Waals surface area contributed by atoms with E-state index in [0.717, 1.165) is 6.61 Å². The van der Waals surface area contributed by atoms with Gasteiger partial charge >= 0.3 is 0 Å². The fraction of sp³-hybridized carbons (Fsp3) is 1.00. The van der Waals surface area contributed by atoms with E-state index in [1.54, 1.807) is 7.11 Å². The summed E-state index contributed by atoms with van der Waals surface area (Å²) in [5, 5.41) is 0. The first-order valence-electron chi connectivity index (χ1n) is 3.09. The number of halogens is 1. The lowest BCUT2D eigenvalue weighted by molar-refractivity contribution is 0.0945. The van der Waals surface area contributed by atoms with Gasteiger partial charge in [-0.05, 0) is 18.8 Å². The Morgan fingerprint density at radius 1 is 1.56 bits per heavy atom.